The molecule has 0 amide bonds. The van der Waals surface area contributed by atoms with Crippen LogP contribution in [0.4, 0.5) is 18.9 Å². The van der Waals surface area contributed by atoms with Crippen molar-refractivity contribution in [1.29, 1.82) is 0 Å². The molecule has 0 fully saturated rings. The molecular formula is C20H25F3N2S. The summed E-state index contributed by atoms with van der Waals surface area (Å²) in [7, 11) is 0. The SMILES string of the molecule is CCC.CCSc1ccccc1C(C)=Nc1cc(C(F)(F)F)cnc1C. The second-order valence-corrected chi connectivity index (χ2v) is 6.97. The van der Waals surface area contributed by atoms with Crippen molar-refractivity contribution in [3.8, 4) is 0 Å². The van der Waals surface area contributed by atoms with Crippen LogP contribution in [0.1, 0.15) is 50.9 Å². The van der Waals surface area contributed by atoms with Gasteiger partial charge in [-0.05, 0) is 31.7 Å². The Morgan fingerprint density at radius 3 is 2.35 bits per heavy atom. The van der Waals surface area contributed by atoms with E-state index in [-0.39, 0.29) is 5.69 Å². The van der Waals surface area contributed by atoms with E-state index in [1.54, 1.807) is 25.6 Å². The van der Waals surface area contributed by atoms with Gasteiger partial charge in [0.05, 0.1) is 16.9 Å². The lowest BCUT2D eigenvalue weighted by Gasteiger charge is -2.10. The number of hydrogen-bond donors (Lipinski definition) is 0. The first-order chi connectivity index (χ1) is 12.2. The van der Waals surface area contributed by atoms with E-state index in [4.69, 9.17) is 0 Å². The molecule has 0 aliphatic rings. The maximum Gasteiger partial charge on any atom is 0.417 e. The van der Waals surface area contributed by atoms with E-state index < -0.39 is 11.7 Å². The second kappa shape index (κ2) is 10.4. The molecule has 142 valence electrons. The Morgan fingerprint density at radius 2 is 1.77 bits per heavy atom. The third-order valence-corrected chi connectivity index (χ3v) is 4.21. The highest BCUT2D eigenvalue weighted by atomic mass is 32.2. The number of aryl methyl sites for hydroxylation is 1. The minimum atomic E-state index is -4.42. The molecule has 1 aromatic heterocycles. The van der Waals surface area contributed by atoms with Crippen molar-refractivity contribution in [2.45, 2.75) is 52.1 Å². The second-order valence-electron chi connectivity index (χ2n) is 5.66. The quantitative estimate of drug-likeness (QED) is 0.417. The number of nitrogens with zero attached hydrogens (tertiary/aromatic N) is 2. The summed E-state index contributed by atoms with van der Waals surface area (Å²) >= 11 is 1.68. The first-order valence-corrected chi connectivity index (χ1v) is 9.54. The molecule has 0 spiro atoms. The van der Waals surface area contributed by atoms with Gasteiger partial charge < -0.3 is 0 Å². The number of aromatic nitrogens is 1. The summed E-state index contributed by atoms with van der Waals surface area (Å²) in [5.41, 5.74) is 1.53. The van der Waals surface area contributed by atoms with Crippen LogP contribution in [0.3, 0.4) is 0 Å². The first kappa shape index (κ1) is 22.2. The van der Waals surface area contributed by atoms with Crippen LogP contribution in [0.15, 0.2) is 46.4 Å². The Labute approximate surface area is 158 Å². The highest BCUT2D eigenvalue weighted by Crippen LogP contribution is 2.32. The van der Waals surface area contributed by atoms with E-state index >= 15 is 0 Å². The average molecular weight is 382 g/mol. The molecule has 26 heavy (non-hydrogen) atoms. The fraction of sp³-hybridized carbons (Fsp3) is 0.400. The zero-order chi connectivity index (χ0) is 19.7. The van der Waals surface area contributed by atoms with Crippen molar-refractivity contribution in [3.63, 3.8) is 0 Å². The Bertz CT molecular complexity index is 740. The molecule has 0 saturated carbocycles. The third-order valence-electron chi connectivity index (χ3n) is 3.25. The Morgan fingerprint density at radius 1 is 1.15 bits per heavy atom. The number of halogens is 3. The summed E-state index contributed by atoms with van der Waals surface area (Å²) < 4.78 is 38.5. The highest BCUT2D eigenvalue weighted by Gasteiger charge is 2.31. The molecule has 0 N–H and O–H groups in total. The zero-order valence-electron chi connectivity index (χ0n) is 15.8. The molecule has 0 aliphatic heterocycles. The van der Waals surface area contributed by atoms with Gasteiger partial charge in [-0.2, -0.15) is 13.2 Å². The van der Waals surface area contributed by atoms with Crippen LogP contribution in [0, 0.1) is 6.92 Å². The molecule has 0 atom stereocenters. The zero-order valence-corrected chi connectivity index (χ0v) is 16.6. The van der Waals surface area contributed by atoms with Gasteiger partial charge in [0.15, 0.2) is 0 Å². The maximum atomic E-state index is 12.8. The molecule has 0 unspecified atom stereocenters. The lowest BCUT2D eigenvalue weighted by Crippen LogP contribution is -2.06. The maximum absolute atomic E-state index is 12.8. The minimum absolute atomic E-state index is 0.244. The smallest absolute Gasteiger partial charge is 0.259 e. The molecule has 0 saturated heterocycles. The van der Waals surface area contributed by atoms with Crippen molar-refractivity contribution in [2.75, 3.05) is 5.75 Å². The van der Waals surface area contributed by atoms with Crippen LogP contribution in [0.25, 0.3) is 0 Å². The van der Waals surface area contributed by atoms with E-state index in [9.17, 15) is 13.2 Å². The molecule has 2 rings (SSSR count). The summed E-state index contributed by atoms with van der Waals surface area (Å²) in [5, 5.41) is 0. The van der Waals surface area contributed by atoms with E-state index in [0.29, 0.717) is 11.4 Å². The Kier molecular flexibility index (Phi) is 8.85. The molecular weight excluding hydrogens is 357 g/mol. The first-order valence-electron chi connectivity index (χ1n) is 8.55. The Hall–Kier alpha value is -1.82. The van der Waals surface area contributed by atoms with E-state index in [2.05, 4.69) is 30.7 Å². The predicted molar refractivity (Wildman–Crippen MR) is 105 cm³/mol. The summed E-state index contributed by atoms with van der Waals surface area (Å²) in [6.45, 7) is 9.75. The fourth-order valence-corrected chi connectivity index (χ4v) is 2.93. The number of thioether (sulfide) groups is 1. The lowest BCUT2D eigenvalue weighted by molar-refractivity contribution is -0.137. The van der Waals surface area contributed by atoms with Gasteiger partial charge in [0, 0.05) is 22.4 Å². The predicted octanol–water partition coefficient (Wildman–Crippen LogP) is 7.08. The van der Waals surface area contributed by atoms with Gasteiger partial charge in [-0.3, -0.25) is 9.98 Å². The standard InChI is InChI=1S/C17H17F3N2S.C3H8/c1-4-23-16-8-6-5-7-14(16)11(2)22-15-9-13(17(18,19)20)10-21-12(15)3;1-3-2/h5-10H,4H2,1-3H3;3H2,1-2H3. The van der Waals surface area contributed by atoms with Crippen LogP contribution in [0.5, 0.6) is 0 Å². The molecule has 0 radical (unpaired) electrons. The highest BCUT2D eigenvalue weighted by molar-refractivity contribution is 7.99. The number of aliphatic imine (C=N–C) groups is 1. The molecule has 0 bridgehead atoms. The van der Waals surface area contributed by atoms with Crippen molar-refractivity contribution < 1.29 is 13.2 Å². The monoisotopic (exact) mass is 382 g/mol. The van der Waals surface area contributed by atoms with Gasteiger partial charge in [0.25, 0.3) is 0 Å². The number of alkyl halides is 3. The number of rotatable bonds is 4. The summed E-state index contributed by atoms with van der Waals surface area (Å²) in [4.78, 5) is 9.27. The van der Waals surface area contributed by atoms with Crippen molar-refractivity contribution in [3.05, 3.63) is 53.3 Å². The minimum Gasteiger partial charge on any atom is -0.259 e. The fourth-order valence-electron chi connectivity index (χ4n) is 2.08. The molecule has 1 heterocycles. The largest absolute Gasteiger partial charge is 0.417 e. The van der Waals surface area contributed by atoms with Gasteiger partial charge >= 0.3 is 6.18 Å². The number of benzene rings is 1. The van der Waals surface area contributed by atoms with Crippen LogP contribution < -0.4 is 0 Å². The van der Waals surface area contributed by atoms with Gasteiger partial charge in [-0.25, -0.2) is 0 Å². The normalized spacial score (nSPS) is 11.8. The summed E-state index contributed by atoms with van der Waals surface area (Å²) in [5.74, 6) is 0.911. The van der Waals surface area contributed by atoms with E-state index in [1.807, 2.05) is 24.3 Å². The van der Waals surface area contributed by atoms with Crippen molar-refractivity contribution >= 4 is 23.2 Å². The lowest BCUT2D eigenvalue weighted by atomic mass is 10.1. The van der Waals surface area contributed by atoms with E-state index in [0.717, 1.165) is 28.5 Å². The number of pyridine rings is 1. The van der Waals surface area contributed by atoms with Crippen LogP contribution in [-0.4, -0.2) is 16.4 Å². The molecule has 6 heteroatoms. The van der Waals surface area contributed by atoms with Crippen molar-refractivity contribution in [2.24, 2.45) is 4.99 Å². The molecule has 2 aromatic rings. The molecule has 1 aromatic carbocycles. The van der Waals surface area contributed by atoms with Gasteiger partial charge in [0.2, 0.25) is 0 Å². The van der Waals surface area contributed by atoms with Crippen LogP contribution in [-0.2, 0) is 6.18 Å². The number of hydrogen-bond acceptors (Lipinski definition) is 3. The summed E-state index contributed by atoms with van der Waals surface area (Å²) in [6.07, 6.45) is -2.33. The van der Waals surface area contributed by atoms with Crippen LogP contribution in [0.2, 0.25) is 0 Å². The Balaban J connectivity index is 0.00000105. The van der Waals surface area contributed by atoms with Gasteiger partial charge in [0.1, 0.15) is 0 Å². The van der Waals surface area contributed by atoms with Gasteiger partial charge in [-0.15, -0.1) is 11.8 Å². The van der Waals surface area contributed by atoms with E-state index in [1.165, 1.54) is 6.42 Å². The van der Waals surface area contributed by atoms with Gasteiger partial charge in [-0.1, -0.05) is 45.4 Å². The average Bonchev–Trinajstić information content (AvgIpc) is 2.57. The summed E-state index contributed by atoms with van der Waals surface area (Å²) in [6, 6.07) is 8.78. The molecule has 2 nitrogen and oxygen atoms in total. The van der Waals surface area contributed by atoms with Crippen LogP contribution >= 0.6 is 11.8 Å². The third kappa shape index (κ3) is 6.48. The molecule has 0 aliphatic carbocycles. The topological polar surface area (TPSA) is 25.2 Å². The van der Waals surface area contributed by atoms with Crippen molar-refractivity contribution in [1.82, 2.24) is 4.98 Å².